The molecule has 0 aromatic carbocycles. The lowest BCUT2D eigenvalue weighted by atomic mass is 10.0. The predicted octanol–water partition coefficient (Wildman–Crippen LogP) is 3.77. The number of nitrogens with zero attached hydrogens (tertiary/aromatic N) is 3. The van der Waals surface area contributed by atoms with Crippen molar-refractivity contribution in [3.05, 3.63) is 23.5 Å². The molecule has 2 aromatic rings. The monoisotopic (exact) mass is 278 g/mol. The number of aromatic nitrogens is 3. The molecule has 5 heteroatoms. The van der Waals surface area contributed by atoms with Crippen molar-refractivity contribution in [1.82, 2.24) is 14.6 Å². The smallest absolute Gasteiger partial charge is 0.159 e. The second kappa shape index (κ2) is 5.78. The average molecular weight is 279 g/mol. The zero-order valence-corrected chi connectivity index (χ0v) is 11.7. The van der Waals surface area contributed by atoms with Crippen LogP contribution in [-0.2, 0) is 0 Å². The fourth-order valence-electron chi connectivity index (χ4n) is 2.83. The summed E-state index contributed by atoms with van der Waals surface area (Å²) in [5, 5.41) is 8.27. The molecule has 0 aliphatic heterocycles. The quantitative estimate of drug-likeness (QED) is 0.686. The van der Waals surface area contributed by atoms with Crippen LogP contribution in [-0.4, -0.2) is 21.1 Å². The molecule has 0 atom stereocenters. The van der Waals surface area contributed by atoms with Crippen molar-refractivity contribution in [2.45, 2.75) is 38.5 Å². The lowest BCUT2D eigenvalue weighted by Crippen LogP contribution is -2.16. The molecule has 0 radical (unpaired) electrons. The molecule has 1 aliphatic carbocycles. The Morgan fingerprint density at radius 1 is 1.26 bits per heavy atom. The summed E-state index contributed by atoms with van der Waals surface area (Å²) in [7, 11) is 0. The van der Waals surface area contributed by atoms with Gasteiger partial charge in [0.2, 0.25) is 0 Å². The minimum atomic E-state index is 0.511. The van der Waals surface area contributed by atoms with Gasteiger partial charge in [-0.1, -0.05) is 37.3 Å². The highest BCUT2D eigenvalue weighted by atomic mass is 35.5. The first-order chi connectivity index (χ1) is 9.33. The maximum Gasteiger partial charge on any atom is 0.159 e. The Morgan fingerprint density at radius 2 is 2.05 bits per heavy atom. The van der Waals surface area contributed by atoms with Gasteiger partial charge >= 0.3 is 0 Å². The number of fused-ring (bicyclic) bond motifs is 1. The largest absolute Gasteiger partial charge is 0.370 e. The van der Waals surface area contributed by atoms with Crippen molar-refractivity contribution in [3.8, 4) is 0 Å². The minimum Gasteiger partial charge on any atom is -0.370 e. The molecule has 19 heavy (non-hydrogen) atoms. The summed E-state index contributed by atoms with van der Waals surface area (Å²) in [4.78, 5) is 4.23. The molecule has 0 amide bonds. The summed E-state index contributed by atoms with van der Waals surface area (Å²) in [6.45, 7) is 0.995. The van der Waals surface area contributed by atoms with Crippen molar-refractivity contribution in [2.75, 3.05) is 11.9 Å². The number of rotatable bonds is 3. The van der Waals surface area contributed by atoms with Crippen molar-refractivity contribution in [1.29, 1.82) is 0 Å². The highest BCUT2D eigenvalue weighted by Gasteiger charge is 2.13. The molecule has 3 rings (SSSR count). The maximum absolute atomic E-state index is 6.04. The second-order valence-corrected chi connectivity index (χ2v) is 5.69. The molecule has 0 spiro atoms. The van der Waals surface area contributed by atoms with E-state index in [1.54, 1.807) is 6.20 Å². The van der Waals surface area contributed by atoms with Crippen LogP contribution < -0.4 is 5.32 Å². The zero-order valence-electron chi connectivity index (χ0n) is 11.0. The molecular weight excluding hydrogens is 260 g/mol. The number of halogens is 1. The van der Waals surface area contributed by atoms with E-state index >= 15 is 0 Å². The molecule has 2 aromatic heterocycles. The Kier molecular flexibility index (Phi) is 3.87. The van der Waals surface area contributed by atoms with E-state index in [1.807, 2.05) is 16.6 Å². The Morgan fingerprint density at radius 3 is 2.84 bits per heavy atom. The van der Waals surface area contributed by atoms with Gasteiger partial charge in [0.05, 0.1) is 6.20 Å². The summed E-state index contributed by atoms with van der Waals surface area (Å²) in [5.41, 5.74) is 0.788. The van der Waals surface area contributed by atoms with Gasteiger partial charge in [0.1, 0.15) is 11.0 Å². The summed E-state index contributed by atoms with van der Waals surface area (Å²) in [6.07, 6.45) is 9.90. The van der Waals surface area contributed by atoms with Crippen LogP contribution in [0.1, 0.15) is 38.5 Å². The second-order valence-electron chi connectivity index (χ2n) is 5.30. The van der Waals surface area contributed by atoms with Crippen molar-refractivity contribution in [3.63, 3.8) is 0 Å². The lowest BCUT2D eigenvalue weighted by Gasteiger charge is -2.16. The van der Waals surface area contributed by atoms with Gasteiger partial charge in [-0.3, -0.25) is 0 Å². The highest BCUT2D eigenvalue weighted by molar-refractivity contribution is 6.29. The van der Waals surface area contributed by atoms with Crippen LogP contribution in [0.4, 0.5) is 5.82 Å². The molecule has 0 unspecified atom stereocenters. The molecule has 0 saturated heterocycles. The van der Waals surface area contributed by atoms with Gasteiger partial charge in [0, 0.05) is 18.7 Å². The topological polar surface area (TPSA) is 42.2 Å². The highest BCUT2D eigenvalue weighted by Crippen LogP contribution is 2.24. The van der Waals surface area contributed by atoms with Crippen LogP contribution in [0.25, 0.3) is 5.65 Å². The Bertz CT molecular complexity index is 543. The Hall–Kier alpha value is -1.29. The summed E-state index contributed by atoms with van der Waals surface area (Å²) in [6, 6.07) is 3.71. The standard InChI is InChI=1S/C14H19ClN4/c15-12-9-14(19-13(18-12)7-8-17-19)16-10-11-5-3-1-2-4-6-11/h7-9,11,16H,1-6,10H2. The van der Waals surface area contributed by atoms with Crippen molar-refractivity contribution < 1.29 is 0 Å². The fourth-order valence-corrected chi connectivity index (χ4v) is 3.02. The number of hydrogen-bond acceptors (Lipinski definition) is 3. The van der Waals surface area contributed by atoms with Crippen LogP contribution in [0.3, 0.4) is 0 Å². The van der Waals surface area contributed by atoms with Crippen molar-refractivity contribution in [2.24, 2.45) is 5.92 Å². The third-order valence-electron chi connectivity index (χ3n) is 3.87. The number of nitrogens with one attached hydrogen (secondary N) is 1. The van der Waals surface area contributed by atoms with Crippen molar-refractivity contribution >= 4 is 23.1 Å². The predicted molar refractivity (Wildman–Crippen MR) is 77.7 cm³/mol. The van der Waals surface area contributed by atoms with E-state index in [2.05, 4.69) is 15.4 Å². The molecule has 1 N–H and O–H groups in total. The van der Waals surface area contributed by atoms with E-state index in [9.17, 15) is 0 Å². The summed E-state index contributed by atoms with van der Waals surface area (Å²) >= 11 is 6.04. The van der Waals surface area contributed by atoms with E-state index < -0.39 is 0 Å². The normalized spacial score (nSPS) is 17.5. The first-order valence-corrected chi connectivity index (χ1v) is 7.45. The first kappa shape index (κ1) is 12.7. The summed E-state index contributed by atoms with van der Waals surface area (Å²) in [5.74, 6) is 1.70. The van der Waals surface area contributed by atoms with Crippen LogP contribution in [0.2, 0.25) is 5.15 Å². The lowest BCUT2D eigenvalue weighted by molar-refractivity contribution is 0.482. The molecule has 0 bridgehead atoms. The fraction of sp³-hybridized carbons (Fsp3) is 0.571. The van der Waals surface area contributed by atoms with Crippen LogP contribution in [0, 0.1) is 5.92 Å². The Labute approximate surface area is 118 Å². The minimum absolute atomic E-state index is 0.511. The molecule has 1 saturated carbocycles. The van der Waals surface area contributed by atoms with Crippen LogP contribution >= 0.6 is 11.6 Å². The van der Waals surface area contributed by atoms with Gasteiger partial charge in [-0.15, -0.1) is 0 Å². The van der Waals surface area contributed by atoms with Gasteiger partial charge in [-0.05, 0) is 18.8 Å². The van der Waals surface area contributed by atoms with E-state index in [1.165, 1.54) is 38.5 Å². The van der Waals surface area contributed by atoms with Crippen LogP contribution in [0.5, 0.6) is 0 Å². The van der Waals surface area contributed by atoms with Gasteiger partial charge < -0.3 is 5.32 Å². The van der Waals surface area contributed by atoms with Gasteiger partial charge in [0.15, 0.2) is 5.65 Å². The third-order valence-corrected chi connectivity index (χ3v) is 4.07. The first-order valence-electron chi connectivity index (χ1n) is 7.07. The average Bonchev–Trinajstić information content (AvgIpc) is 2.71. The van der Waals surface area contributed by atoms with Gasteiger partial charge in [-0.2, -0.15) is 9.61 Å². The zero-order chi connectivity index (χ0) is 13.1. The molecule has 4 nitrogen and oxygen atoms in total. The van der Waals surface area contributed by atoms with Gasteiger partial charge in [-0.25, -0.2) is 4.98 Å². The molecule has 1 fully saturated rings. The molecule has 1 aliphatic rings. The number of anilines is 1. The van der Waals surface area contributed by atoms with Crippen LogP contribution in [0.15, 0.2) is 18.3 Å². The van der Waals surface area contributed by atoms with E-state index in [0.29, 0.717) is 5.15 Å². The number of hydrogen-bond donors (Lipinski definition) is 1. The molecule has 2 heterocycles. The maximum atomic E-state index is 6.04. The van der Waals surface area contributed by atoms with E-state index in [-0.39, 0.29) is 0 Å². The third kappa shape index (κ3) is 3.00. The van der Waals surface area contributed by atoms with Gasteiger partial charge in [0.25, 0.3) is 0 Å². The SMILES string of the molecule is Clc1cc(NCC2CCCCCC2)n2nccc2n1. The molecular formula is C14H19ClN4. The van der Waals surface area contributed by atoms with E-state index in [4.69, 9.17) is 11.6 Å². The van der Waals surface area contributed by atoms with E-state index in [0.717, 1.165) is 23.9 Å². The molecule has 102 valence electrons. The Balaban J connectivity index is 1.72. The summed E-state index contributed by atoms with van der Waals surface area (Å²) < 4.78 is 1.81.